The zero-order valence-corrected chi connectivity index (χ0v) is 13.2. The van der Waals surface area contributed by atoms with Gasteiger partial charge in [0, 0.05) is 24.2 Å². The quantitative estimate of drug-likeness (QED) is 0.555. The third-order valence-corrected chi connectivity index (χ3v) is 3.28. The van der Waals surface area contributed by atoms with Crippen LogP contribution in [0.5, 0.6) is 0 Å². The van der Waals surface area contributed by atoms with E-state index in [2.05, 4.69) is 86.9 Å². The van der Waals surface area contributed by atoms with Gasteiger partial charge in [-0.2, -0.15) is 9.12 Å². The molecule has 3 aromatic rings. The summed E-state index contributed by atoms with van der Waals surface area (Å²) < 4.78 is 6.05. The Morgan fingerprint density at radius 3 is 1.52 bits per heavy atom. The molecule has 3 rings (SSSR count). The summed E-state index contributed by atoms with van der Waals surface area (Å²) in [6.45, 7) is 0. The van der Waals surface area contributed by atoms with Crippen LogP contribution in [-0.4, -0.2) is 13.8 Å². The van der Waals surface area contributed by atoms with Crippen LogP contribution in [0.4, 0.5) is 0 Å². The van der Waals surface area contributed by atoms with Crippen molar-refractivity contribution < 1.29 is 0 Å². The molecule has 105 valence electrons. The molecular weight excluding hydrogens is 272 g/mol. The Morgan fingerprint density at radius 2 is 1.14 bits per heavy atom. The van der Waals surface area contributed by atoms with Crippen LogP contribution in [0.3, 0.4) is 0 Å². The van der Waals surface area contributed by atoms with E-state index in [0.717, 1.165) is 12.8 Å². The summed E-state index contributed by atoms with van der Waals surface area (Å²) in [6.07, 6.45) is 1.94. The van der Waals surface area contributed by atoms with Crippen LogP contribution in [0.2, 0.25) is 0 Å². The van der Waals surface area contributed by atoms with Gasteiger partial charge in [0.25, 0.3) is 0 Å². The molecule has 1 atom stereocenters. The summed E-state index contributed by atoms with van der Waals surface area (Å²) >= 11 is 0. The first-order valence-electron chi connectivity index (χ1n) is 7.56. The van der Waals surface area contributed by atoms with Crippen molar-refractivity contribution in [1.29, 1.82) is 1.34 Å². The average molecular weight is 293 g/mol. The molecular formula is C18H20BNP. The SMILES string of the molecule is [2H][B]P.c1ccc(Cc2ccc(Cc3ccccc3)[nH]2)cc1. The molecule has 0 aliphatic carbocycles. The number of rotatable bonds is 4. The number of hydrogen-bond donors (Lipinski definition) is 1. The molecule has 1 unspecified atom stereocenters. The van der Waals surface area contributed by atoms with Gasteiger partial charge < -0.3 is 4.98 Å². The average Bonchev–Trinajstić information content (AvgIpc) is 2.97. The first-order valence-corrected chi connectivity index (χ1v) is 7.65. The number of H-pyrrole nitrogens is 1. The number of benzene rings is 2. The van der Waals surface area contributed by atoms with Crippen molar-refractivity contribution in [3.8, 4) is 0 Å². The lowest BCUT2D eigenvalue weighted by Crippen LogP contribution is -1.91. The summed E-state index contributed by atoms with van der Waals surface area (Å²) in [5.41, 5.74) is 5.24. The van der Waals surface area contributed by atoms with Gasteiger partial charge in [-0.15, -0.1) is 0 Å². The van der Waals surface area contributed by atoms with Crippen LogP contribution in [-0.2, 0) is 12.8 Å². The number of aromatic nitrogens is 1. The molecule has 21 heavy (non-hydrogen) atoms. The highest BCUT2D eigenvalue weighted by Gasteiger charge is 2.01. The highest BCUT2D eigenvalue weighted by atomic mass is 31.0. The molecule has 3 heteroatoms. The van der Waals surface area contributed by atoms with Crippen LogP contribution in [0.15, 0.2) is 72.8 Å². The molecule has 0 fully saturated rings. The third-order valence-electron chi connectivity index (χ3n) is 3.28. The van der Waals surface area contributed by atoms with Gasteiger partial charge in [0.1, 0.15) is 7.53 Å². The van der Waals surface area contributed by atoms with E-state index >= 15 is 0 Å². The van der Waals surface area contributed by atoms with Gasteiger partial charge in [0.05, 0.1) is 0 Å². The van der Waals surface area contributed by atoms with Gasteiger partial charge in [-0.05, 0) is 24.6 Å². The second kappa shape index (κ2) is 8.49. The first kappa shape index (κ1) is 14.2. The van der Waals surface area contributed by atoms with Crippen LogP contribution in [0.25, 0.3) is 0 Å². The van der Waals surface area contributed by atoms with Crippen molar-refractivity contribution in [3.05, 3.63) is 95.3 Å². The Bertz CT molecular complexity index is 599. The Morgan fingerprint density at radius 1 is 0.762 bits per heavy atom. The van der Waals surface area contributed by atoms with Crippen molar-refractivity contribution in [2.75, 3.05) is 0 Å². The standard InChI is InChI=1S/C18H17N.BH3P/c1-3-7-15(8-4-1)13-17-11-12-18(19-17)14-16-9-5-2-6-10-16;1-2/h1-12,19H,13-14H2;1H,2H2/i;1D. The molecule has 0 amide bonds. The van der Waals surface area contributed by atoms with E-state index < -0.39 is 0 Å². The lowest BCUT2D eigenvalue weighted by Gasteiger charge is -2.00. The zero-order chi connectivity index (χ0) is 15.6. The van der Waals surface area contributed by atoms with E-state index in [1.54, 1.807) is 0 Å². The molecule has 1 nitrogen and oxygen atoms in total. The molecule has 0 saturated heterocycles. The van der Waals surface area contributed by atoms with E-state index in [9.17, 15) is 0 Å². The van der Waals surface area contributed by atoms with Crippen LogP contribution < -0.4 is 0 Å². The van der Waals surface area contributed by atoms with Crippen molar-refractivity contribution in [2.45, 2.75) is 12.8 Å². The predicted octanol–water partition coefficient (Wildman–Crippen LogP) is 3.87. The Labute approximate surface area is 131 Å². The molecule has 0 spiro atoms. The fourth-order valence-electron chi connectivity index (χ4n) is 2.33. The smallest absolute Gasteiger partial charge is 0.116 e. The summed E-state index contributed by atoms with van der Waals surface area (Å²) in [6, 6.07) is 25.5. The highest BCUT2D eigenvalue weighted by molar-refractivity contribution is 7.49. The molecule has 1 N–H and O–H groups in total. The highest BCUT2D eigenvalue weighted by Crippen LogP contribution is 2.12. The Hall–Kier alpha value is -1.79. The maximum Gasteiger partial charge on any atom is 0.116 e. The molecule has 0 saturated carbocycles. The lowest BCUT2D eigenvalue weighted by atomic mass is 10.1. The van der Waals surface area contributed by atoms with E-state index in [0.29, 0.717) is 0 Å². The van der Waals surface area contributed by atoms with Crippen LogP contribution in [0, 0.1) is 0 Å². The fourth-order valence-corrected chi connectivity index (χ4v) is 2.33. The summed E-state index contributed by atoms with van der Waals surface area (Å²) in [7, 11) is 3.29. The summed E-state index contributed by atoms with van der Waals surface area (Å²) in [5.74, 6) is 0. The van der Waals surface area contributed by atoms with Crippen molar-refractivity contribution in [2.24, 2.45) is 0 Å². The van der Waals surface area contributed by atoms with Gasteiger partial charge in [0.15, 0.2) is 0 Å². The van der Waals surface area contributed by atoms with Crippen LogP contribution in [0.1, 0.15) is 22.5 Å². The van der Waals surface area contributed by atoms with E-state index in [-0.39, 0.29) is 0 Å². The Balaban J connectivity index is 0.000000545. The van der Waals surface area contributed by atoms with E-state index in [1.807, 2.05) is 0 Å². The minimum atomic E-state index is 0.968. The second-order valence-electron chi connectivity index (χ2n) is 4.83. The monoisotopic (exact) mass is 293 g/mol. The van der Waals surface area contributed by atoms with Gasteiger partial charge in [-0.1, -0.05) is 60.7 Å². The normalized spacial score (nSPS) is 10.2. The Kier molecular flexibility index (Phi) is 5.73. The number of aromatic amines is 1. The third kappa shape index (κ3) is 4.92. The van der Waals surface area contributed by atoms with Gasteiger partial charge in [0.2, 0.25) is 0 Å². The summed E-state index contributed by atoms with van der Waals surface area (Å²) in [5, 5.41) is 0. The van der Waals surface area contributed by atoms with Crippen molar-refractivity contribution >= 4 is 16.6 Å². The van der Waals surface area contributed by atoms with Gasteiger partial charge in [-0.3, -0.25) is 0 Å². The molecule has 1 aromatic heterocycles. The van der Waals surface area contributed by atoms with E-state index in [1.165, 1.54) is 30.0 Å². The zero-order valence-electron chi connectivity index (χ0n) is 13.0. The molecule has 0 aliphatic rings. The number of nitrogens with one attached hydrogen (secondary N) is 1. The maximum atomic E-state index is 6.05. The largest absolute Gasteiger partial charge is 0.362 e. The van der Waals surface area contributed by atoms with Crippen molar-refractivity contribution in [1.82, 2.24) is 4.98 Å². The van der Waals surface area contributed by atoms with Crippen molar-refractivity contribution in [3.63, 3.8) is 0 Å². The summed E-state index contributed by atoms with van der Waals surface area (Å²) in [4.78, 5) is 3.51. The minimum absolute atomic E-state index is 0.968. The van der Waals surface area contributed by atoms with Gasteiger partial charge >= 0.3 is 0 Å². The molecule has 2 aromatic carbocycles. The topological polar surface area (TPSA) is 15.8 Å². The van der Waals surface area contributed by atoms with E-state index in [4.69, 9.17) is 1.34 Å². The molecule has 0 bridgehead atoms. The number of hydrogen-bond acceptors (Lipinski definition) is 0. The molecule has 1 radical (unpaired) electrons. The fraction of sp³-hybridized carbons (Fsp3) is 0.111. The first-order chi connectivity index (χ1) is 10.8. The molecule has 1 heterocycles. The predicted molar refractivity (Wildman–Crippen MR) is 96.1 cm³/mol. The lowest BCUT2D eigenvalue weighted by molar-refractivity contribution is 1.04. The van der Waals surface area contributed by atoms with Crippen LogP contribution >= 0.6 is 9.12 Å². The molecule has 0 aliphatic heterocycles. The maximum absolute atomic E-state index is 6.05. The minimum Gasteiger partial charge on any atom is -0.362 e. The second-order valence-corrected chi connectivity index (χ2v) is 4.83. The van der Waals surface area contributed by atoms with Gasteiger partial charge in [-0.25, -0.2) is 0 Å².